The molecule has 96 valence electrons. The van der Waals surface area contributed by atoms with Crippen LogP contribution in [0.5, 0.6) is 0 Å². The van der Waals surface area contributed by atoms with Gasteiger partial charge in [0, 0.05) is 23.5 Å². The van der Waals surface area contributed by atoms with Crippen molar-refractivity contribution in [3.8, 4) is 11.4 Å². The predicted molar refractivity (Wildman–Crippen MR) is 77.3 cm³/mol. The SMILES string of the molecule is O=C(c1ccccc1)c1ccnc(-c2ccccn2)c1. The zero-order chi connectivity index (χ0) is 13.8. The van der Waals surface area contributed by atoms with E-state index in [1.165, 1.54) is 0 Å². The van der Waals surface area contributed by atoms with E-state index in [1.54, 1.807) is 24.5 Å². The fraction of sp³-hybridized carbons (Fsp3) is 0. The average molecular weight is 260 g/mol. The first-order valence-electron chi connectivity index (χ1n) is 6.32. The molecule has 3 rings (SSSR count). The molecule has 0 saturated heterocycles. The van der Waals surface area contributed by atoms with Crippen molar-refractivity contribution >= 4 is 5.78 Å². The molecule has 3 aromatic rings. The van der Waals surface area contributed by atoms with Crippen LogP contribution >= 0.6 is 0 Å². The van der Waals surface area contributed by atoms with E-state index in [4.69, 9.17) is 0 Å². The lowest BCUT2D eigenvalue weighted by molar-refractivity contribution is 0.103. The molecule has 0 radical (unpaired) electrons. The number of pyridine rings is 2. The maximum atomic E-state index is 12.4. The molecule has 2 aromatic heterocycles. The van der Waals surface area contributed by atoms with Gasteiger partial charge in [0.15, 0.2) is 5.78 Å². The van der Waals surface area contributed by atoms with Crippen molar-refractivity contribution in [2.75, 3.05) is 0 Å². The van der Waals surface area contributed by atoms with E-state index in [9.17, 15) is 4.79 Å². The predicted octanol–water partition coefficient (Wildman–Crippen LogP) is 3.37. The molecule has 20 heavy (non-hydrogen) atoms. The van der Waals surface area contributed by atoms with E-state index in [-0.39, 0.29) is 5.78 Å². The van der Waals surface area contributed by atoms with Crippen molar-refractivity contribution in [1.82, 2.24) is 9.97 Å². The molecule has 0 N–H and O–H groups in total. The molecule has 0 bridgehead atoms. The highest BCUT2D eigenvalue weighted by atomic mass is 16.1. The van der Waals surface area contributed by atoms with E-state index in [2.05, 4.69) is 9.97 Å². The number of carbonyl (C=O) groups excluding carboxylic acids is 1. The van der Waals surface area contributed by atoms with Crippen LogP contribution in [0, 0.1) is 0 Å². The van der Waals surface area contributed by atoms with Gasteiger partial charge in [-0.25, -0.2) is 0 Å². The number of ketones is 1. The summed E-state index contributed by atoms with van der Waals surface area (Å²) in [7, 11) is 0. The van der Waals surface area contributed by atoms with E-state index >= 15 is 0 Å². The molecule has 1 aromatic carbocycles. The summed E-state index contributed by atoms with van der Waals surface area (Å²) < 4.78 is 0. The van der Waals surface area contributed by atoms with Gasteiger partial charge in [0.1, 0.15) is 0 Å². The number of carbonyl (C=O) groups is 1. The van der Waals surface area contributed by atoms with E-state index in [1.807, 2.05) is 48.5 Å². The molecule has 0 aliphatic rings. The van der Waals surface area contributed by atoms with Gasteiger partial charge in [-0.2, -0.15) is 0 Å². The number of aromatic nitrogens is 2. The summed E-state index contributed by atoms with van der Waals surface area (Å²) in [6.45, 7) is 0. The first kappa shape index (κ1) is 12.2. The fourth-order valence-corrected chi connectivity index (χ4v) is 1.98. The van der Waals surface area contributed by atoms with Crippen molar-refractivity contribution < 1.29 is 4.79 Å². The number of rotatable bonds is 3. The van der Waals surface area contributed by atoms with Crippen molar-refractivity contribution in [3.05, 3.63) is 84.2 Å². The third-order valence-electron chi connectivity index (χ3n) is 2.99. The minimum absolute atomic E-state index is 0.00909. The largest absolute Gasteiger partial charge is 0.289 e. The average Bonchev–Trinajstić information content (AvgIpc) is 2.56. The van der Waals surface area contributed by atoms with Crippen LogP contribution in [0.3, 0.4) is 0 Å². The van der Waals surface area contributed by atoms with Crippen molar-refractivity contribution in [1.29, 1.82) is 0 Å². The summed E-state index contributed by atoms with van der Waals surface area (Å²) in [4.78, 5) is 20.9. The minimum atomic E-state index is -0.00909. The van der Waals surface area contributed by atoms with Gasteiger partial charge in [-0.15, -0.1) is 0 Å². The minimum Gasteiger partial charge on any atom is -0.289 e. The first-order valence-corrected chi connectivity index (χ1v) is 6.32. The number of benzene rings is 1. The topological polar surface area (TPSA) is 42.9 Å². The Kier molecular flexibility index (Phi) is 3.33. The summed E-state index contributed by atoms with van der Waals surface area (Å²) in [5.74, 6) is -0.00909. The molecule has 0 unspecified atom stereocenters. The van der Waals surface area contributed by atoms with E-state index in [0.717, 1.165) is 5.69 Å². The Hall–Kier alpha value is -2.81. The fourth-order valence-electron chi connectivity index (χ4n) is 1.98. The number of hydrogen-bond donors (Lipinski definition) is 0. The third kappa shape index (κ3) is 2.47. The van der Waals surface area contributed by atoms with E-state index < -0.39 is 0 Å². The van der Waals surface area contributed by atoms with E-state index in [0.29, 0.717) is 16.8 Å². The van der Waals surface area contributed by atoms with Crippen LogP contribution in [0.1, 0.15) is 15.9 Å². The highest BCUT2D eigenvalue weighted by molar-refractivity contribution is 6.09. The monoisotopic (exact) mass is 260 g/mol. The zero-order valence-electron chi connectivity index (χ0n) is 10.7. The van der Waals surface area contributed by atoms with Crippen LogP contribution in [-0.4, -0.2) is 15.8 Å². The molecular formula is C17H12N2O. The molecular weight excluding hydrogens is 248 g/mol. The highest BCUT2D eigenvalue weighted by Gasteiger charge is 2.10. The van der Waals surface area contributed by atoms with Gasteiger partial charge < -0.3 is 0 Å². The molecule has 3 heteroatoms. The lowest BCUT2D eigenvalue weighted by Gasteiger charge is -2.04. The van der Waals surface area contributed by atoms with Crippen LogP contribution in [0.25, 0.3) is 11.4 Å². The lowest BCUT2D eigenvalue weighted by Crippen LogP contribution is -2.02. The second-order valence-corrected chi connectivity index (χ2v) is 4.34. The molecule has 0 amide bonds. The molecule has 0 aliphatic heterocycles. The Balaban J connectivity index is 1.98. The second kappa shape index (κ2) is 5.45. The lowest BCUT2D eigenvalue weighted by atomic mass is 10.0. The Morgan fingerprint density at radius 2 is 1.45 bits per heavy atom. The number of nitrogens with zero attached hydrogens (tertiary/aromatic N) is 2. The van der Waals surface area contributed by atoms with Crippen LogP contribution in [0.15, 0.2) is 73.1 Å². The van der Waals surface area contributed by atoms with Crippen LogP contribution < -0.4 is 0 Å². The Morgan fingerprint density at radius 3 is 2.20 bits per heavy atom. The maximum Gasteiger partial charge on any atom is 0.193 e. The summed E-state index contributed by atoms with van der Waals surface area (Å²) in [6.07, 6.45) is 3.35. The molecule has 0 fully saturated rings. The third-order valence-corrected chi connectivity index (χ3v) is 2.99. The van der Waals surface area contributed by atoms with Gasteiger partial charge in [0.25, 0.3) is 0 Å². The van der Waals surface area contributed by atoms with Crippen molar-refractivity contribution in [2.45, 2.75) is 0 Å². The Labute approximate surface area is 117 Å². The summed E-state index contributed by atoms with van der Waals surface area (Å²) in [6, 6.07) is 18.3. The van der Waals surface area contributed by atoms with Crippen LogP contribution in [0.2, 0.25) is 0 Å². The van der Waals surface area contributed by atoms with Gasteiger partial charge in [0.2, 0.25) is 0 Å². The molecule has 0 aliphatic carbocycles. The van der Waals surface area contributed by atoms with Crippen molar-refractivity contribution in [2.24, 2.45) is 0 Å². The van der Waals surface area contributed by atoms with Crippen LogP contribution in [-0.2, 0) is 0 Å². The van der Waals surface area contributed by atoms with Crippen LogP contribution in [0.4, 0.5) is 0 Å². The number of hydrogen-bond acceptors (Lipinski definition) is 3. The normalized spacial score (nSPS) is 10.2. The Morgan fingerprint density at radius 1 is 0.700 bits per heavy atom. The summed E-state index contributed by atoms with van der Waals surface area (Å²) in [5, 5.41) is 0. The summed E-state index contributed by atoms with van der Waals surface area (Å²) >= 11 is 0. The van der Waals surface area contributed by atoms with Gasteiger partial charge >= 0.3 is 0 Å². The standard InChI is InChI=1S/C17H12N2O/c20-17(13-6-2-1-3-7-13)14-9-11-19-16(12-14)15-8-4-5-10-18-15/h1-12H. The molecule has 0 spiro atoms. The highest BCUT2D eigenvalue weighted by Crippen LogP contribution is 2.17. The summed E-state index contributed by atoms with van der Waals surface area (Å²) in [5.41, 5.74) is 2.75. The molecule has 2 heterocycles. The van der Waals surface area contributed by atoms with Crippen molar-refractivity contribution in [3.63, 3.8) is 0 Å². The van der Waals surface area contributed by atoms with Gasteiger partial charge in [-0.3, -0.25) is 14.8 Å². The van der Waals surface area contributed by atoms with Gasteiger partial charge in [-0.05, 0) is 24.3 Å². The van der Waals surface area contributed by atoms with Gasteiger partial charge in [0.05, 0.1) is 11.4 Å². The Bertz CT molecular complexity index is 724. The molecule has 3 nitrogen and oxygen atoms in total. The first-order chi connectivity index (χ1) is 9.84. The molecule has 0 atom stereocenters. The quantitative estimate of drug-likeness (QED) is 0.678. The maximum absolute atomic E-state index is 12.4. The smallest absolute Gasteiger partial charge is 0.193 e. The second-order valence-electron chi connectivity index (χ2n) is 4.34. The van der Waals surface area contributed by atoms with Gasteiger partial charge in [-0.1, -0.05) is 36.4 Å². The zero-order valence-corrected chi connectivity index (χ0v) is 10.7. The molecule has 0 saturated carbocycles.